The number of imidazole rings is 1. The van der Waals surface area contributed by atoms with Gasteiger partial charge in [0.2, 0.25) is 6.79 Å². The number of nitrogens with zero attached hydrogens (tertiary/aromatic N) is 3. The molecule has 4 heterocycles. The molecule has 0 unspecified atom stereocenters. The highest BCUT2D eigenvalue weighted by atomic mass is 16.7. The standard InChI is InChI=1S/C22H19N3O6/c26-20(14-4-5-15-17(11-14)31-13-30-15)18-19(16-3-1-10-29-16)25(22(28)21(18)27)8-2-7-24-9-6-23-12-24/h1,3-6,9-12,19,26H,2,7-8,13H2/t19-/m0/s1. The van der Waals surface area contributed by atoms with Crippen LogP contribution in [-0.4, -0.2) is 44.6 Å². The van der Waals surface area contributed by atoms with E-state index in [1.165, 1.54) is 11.2 Å². The number of hydrogen-bond donors (Lipinski definition) is 1. The third-order valence-electron chi connectivity index (χ3n) is 5.37. The van der Waals surface area contributed by atoms with Crippen molar-refractivity contribution in [1.82, 2.24) is 14.5 Å². The summed E-state index contributed by atoms with van der Waals surface area (Å²) in [6, 6.07) is 7.41. The van der Waals surface area contributed by atoms with E-state index in [2.05, 4.69) is 4.98 Å². The molecule has 2 aliphatic rings. The van der Waals surface area contributed by atoms with E-state index in [0.29, 0.717) is 42.3 Å². The minimum absolute atomic E-state index is 0.0125. The van der Waals surface area contributed by atoms with E-state index >= 15 is 0 Å². The molecule has 9 heteroatoms. The zero-order valence-corrected chi connectivity index (χ0v) is 16.4. The number of aliphatic hydroxyl groups is 1. The van der Waals surface area contributed by atoms with Crippen LogP contribution in [0.4, 0.5) is 0 Å². The molecule has 0 spiro atoms. The Labute approximate surface area is 177 Å². The third kappa shape index (κ3) is 3.33. The molecule has 1 saturated heterocycles. The van der Waals surface area contributed by atoms with E-state index in [4.69, 9.17) is 13.9 Å². The van der Waals surface area contributed by atoms with Gasteiger partial charge in [-0.3, -0.25) is 9.59 Å². The molecule has 3 aromatic rings. The van der Waals surface area contributed by atoms with Crippen LogP contribution in [0.15, 0.2) is 65.3 Å². The van der Waals surface area contributed by atoms with Crippen LogP contribution in [0, 0.1) is 0 Å². The van der Waals surface area contributed by atoms with Crippen LogP contribution in [0.2, 0.25) is 0 Å². The van der Waals surface area contributed by atoms with Gasteiger partial charge in [0.1, 0.15) is 17.6 Å². The minimum Gasteiger partial charge on any atom is -0.507 e. The van der Waals surface area contributed by atoms with Gasteiger partial charge in [0.25, 0.3) is 11.7 Å². The number of fused-ring (bicyclic) bond motifs is 1. The summed E-state index contributed by atoms with van der Waals surface area (Å²) in [5.74, 6) is -0.278. The Morgan fingerprint density at radius 3 is 2.81 bits per heavy atom. The Bertz CT molecular complexity index is 1150. The number of hydrogen-bond acceptors (Lipinski definition) is 7. The third-order valence-corrected chi connectivity index (χ3v) is 5.37. The van der Waals surface area contributed by atoms with Crippen molar-refractivity contribution in [2.75, 3.05) is 13.3 Å². The minimum atomic E-state index is -0.816. The molecule has 31 heavy (non-hydrogen) atoms. The molecule has 158 valence electrons. The van der Waals surface area contributed by atoms with E-state index < -0.39 is 17.7 Å². The van der Waals surface area contributed by atoms with Gasteiger partial charge in [-0.25, -0.2) is 4.98 Å². The molecule has 1 aromatic carbocycles. The Kier molecular flexibility index (Phi) is 4.70. The normalized spacial score (nSPS) is 19.4. The molecule has 0 saturated carbocycles. The number of ether oxygens (including phenoxy) is 2. The number of benzene rings is 1. The number of aromatic nitrogens is 2. The zero-order valence-electron chi connectivity index (χ0n) is 16.4. The van der Waals surface area contributed by atoms with Crippen molar-refractivity contribution in [3.05, 3.63) is 72.2 Å². The van der Waals surface area contributed by atoms with E-state index in [-0.39, 0.29) is 18.1 Å². The van der Waals surface area contributed by atoms with E-state index in [9.17, 15) is 14.7 Å². The van der Waals surface area contributed by atoms with Gasteiger partial charge >= 0.3 is 0 Å². The number of amides is 1. The highest BCUT2D eigenvalue weighted by molar-refractivity contribution is 6.46. The molecule has 9 nitrogen and oxygen atoms in total. The fourth-order valence-electron chi connectivity index (χ4n) is 3.90. The number of furan rings is 1. The number of ketones is 1. The summed E-state index contributed by atoms with van der Waals surface area (Å²) in [6.45, 7) is 1.04. The molecule has 5 rings (SSSR count). The van der Waals surface area contributed by atoms with Crippen LogP contribution < -0.4 is 9.47 Å². The van der Waals surface area contributed by atoms with Gasteiger partial charge in [0.15, 0.2) is 11.5 Å². The van der Waals surface area contributed by atoms with Crippen molar-refractivity contribution >= 4 is 17.4 Å². The van der Waals surface area contributed by atoms with Crippen molar-refractivity contribution in [1.29, 1.82) is 0 Å². The first-order valence-electron chi connectivity index (χ1n) is 9.81. The molecule has 2 aromatic heterocycles. The number of rotatable bonds is 6. The summed E-state index contributed by atoms with van der Waals surface area (Å²) in [6.07, 6.45) is 7.28. The Morgan fingerprint density at radius 1 is 1.16 bits per heavy atom. The van der Waals surface area contributed by atoms with Gasteiger partial charge in [-0.2, -0.15) is 0 Å². The van der Waals surface area contributed by atoms with E-state index in [1.54, 1.807) is 42.9 Å². The van der Waals surface area contributed by atoms with Gasteiger partial charge in [0.05, 0.1) is 18.2 Å². The lowest BCUT2D eigenvalue weighted by Crippen LogP contribution is -2.31. The Morgan fingerprint density at radius 2 is 2.03 bits per heavy atom. The molecule has 0 aliphatic carbocycles. The van der Waals surface area contributed by atoms with Crippen molar-refractivity contribution in [2.24, 2.45) is 0 Å². The number of Topliss-reactive ketones (excluding diaryl/α,β-unsaturated/α-hetero) is 1. The highest BCUT2D eigenvalue weighted by Crippen LogP contribution is 2.41. The summed E-state index contributed by atoms with van der Waals surface area (Å²) in [5.41, 5.74) is 0.346. The predicted molar refractivity (Wildman–Crippen MR) is 107 cm³/mol. The smallest absolute Gasteiger partial charge is 0.295 e. The molecule has 1 N–H and O–H groups in total. The number of aliphatic hydroxyl groups excluding tert-OH is 1. The van der Waals surface area contributed by atoms with Crippen LogP contribution >= 0.6 is 0 Å². The maximum Gasteiger partial charge on any atom is 0.295 e. The molecule has 1 atom stereocenters. The topological polar surface area (TPSA) is 107 Å². The van der Waals surface area contributed by atoms with Gasteiger partial charge < -0.3 is 28.5 Å². The van der Waals surface area contributed by atoms with Crippen molar-refractivity contribution < 1.29 is 28.6 Å². The maximum absolute atomic E-state index is 12.9. The zero-order chi connectivity index (χ0) is 21.4. The first-order chi connectivity index (χ1) is 15.1. The molecular formula is C22H19N3O6. The molecule has 2 aliphatic heterocycles. The lowest BCUT2D eigenvalue weighted by atomic mass is 9.99. The Balaban J connectivity index is 1.50. The van der Waals surface area contributed by atoms with Crippen molar-refractivity contribution in [2.45, 2.75) is 19.0 Å². The van der Waals surface area contributed by atoms with Crippen LogP contribution in [0.3, 0.4) is 0 Å². The lowest BCUT2D eigenvalue weighted by Gasteiger charge is -2.23. The van der Waals surface area contributed by atoms with Crippen LogP contribution in [0.1, 0.15) is 23.8 Å². The van der Waals surface area contributed by atoms with Crippen molar-refractivity contribution in [3.8, 4) is 11.5 Å². The molecule has 1 fully saturated rings. The van der Waals surface area contributed by atoms with Gasteiger partial charge in [0, 0.05) is 31.0 Å². The largest absolute Gasteiger partial charge is 0.507 e. The number of carbonyl (C=O) groups is 2. The number of aryl methyl sites for hydroxylation is 1. The summed E-state index contributed by atoms with van der Waals surface area (Å²) in [7, 11) is 0. The number of carbonyl (C=O) groups excluding carboxylic acids is 2. The summed E-state index contributed by atoms with van der Waals surface area (Å²) < 4.78 is 18.1. The monoisotopic (exact) mass is 421 g/mol. The van der Waals surface area contributed by atoms with Crippen molar-refractivity contribution in [3.63, 3.8) is 0 Å². The van der Waals surface area contributed by atoms with E-state index in [0.717, 1.165) is 0 Å². The average Bonchev–Trinajstić information content (AvgIpc) is 3.57. The van der Waals surface area contributed by atoms with Crippen LogP contribution in [0.25, 0.3) is 5.76 Å². The number of likely N-dealkylation sites (tertiary alicyclic amines) is 1. The Hall–Kier alpha value is -4.01. The first-order valence-corrected chi connectivity index (χ1v) is 9.81. The van der Waals surface area contributed by atoms with Crippen LogP contribution in [-0.2, 0) is 16.1 Å². The first kappa shape index (κ1) is 19.0. The molecular weight excluding hydrogens is 402 g/mol. The summed E-state index contributed by atoms with van der Waals surface area (Å²) in [4.78, 5) is 31.2. The predicted octanol–water partition coefficient (Wildman–Crippen LogP) is 2.72. The highest BCUT2D eigenvalue weighted by Gasteiger charge is 2.47. The molecule has 0 radical (unpaired) electrons. The van der Waals surface area contributed by atoms with Crippen LogP contribution in [0.5, 0.6) is 11.5 Å². The second-order valence-corrected chi connectivity index (χ2v) is 7.23. The molecule has 0 bridgehead atoms. The summed E-state index contributed by atoms with van der Waals surface area (Å²) in [5, 5.41) is 11.0. The lowest BCUT2D eigenvalue weighted by molar-refractivity contribution is -0.140. The average molecular weight is 421 g/mol. The second kappa shape index (κ2) is 7.67. The van der Waals surface area contributed by atoms with Gasteiger partial charge in [-0.05, 0) is 36.8 Å². The van der Waals surface area contributed by atoms with Gasteiger partial charge in [-0.1, -0.05) is 0 Å². The fourth-order valence-corrected chi connectivity index (χ4v) is 3.90. The quantitative estimate of drug-likeness (QED) is 0.370. The summed E-state index contributed by atoms with van der Waals surface area (Å²) >= 11 is 0. The van der Waals surface area contributed by atoms with E-state index in [1.807, 2.05) is 10.8 Å². The second-order valence-electron chi connectivity index (χ2n) is 7.23. The molecule has 1 amide bonds. The van der Waals surface area contributed by atoms with Gasteiger partial charge in [-0.15, -0.1) is 0 Å². The fraction of sp³-hybridized carbons (Fsp3) is 0.227. The SMILES string of the molecule is O=C1C(=O)N(CCCn2ccnc2)[C@@H](c2ccco2)C1=C(O)c1ccc2c(c1)OCO2. The maximum atomic E-state index is 12.9.